The van der Waals surface area contributed by atoms with E-state index in [4.69, 9.17) is 10.5 Å². The minimum atomic E-state index is -0.108. The lowest BCUT2D eigenvalue weighted by atomic mass is 10.2. The van der Waals surface area contributed by atoms with Crippen molar-refractivity contribution in [1.82, 2.24) is 9.97 Å². The maximum atomic E-state index is 5.78. The number of nitrogens with zero attached hydrogens (tertiary/aromatic N) is 2. The number of nitrogens with two attached hydrogens (primary N) is 1. The molecular weight excluding hydrogens is 178 g/mol. The zero-order valence-corrected chi connectivity index (χ0v) is 9.16. The fourth-order valence-electron chi connectivity index (χ4n) is 1.23. The van der Waals surface area contributed by atoms with Crippen molar-refractivity contribution in [2.45, 2.75) is 33.3 Å². The molecule has 1 atom stereocenters. The highest BCUT2D eigenvalue weighted by molar-refractivity contribution is 5.41. The minimum Gasteiger partial charge on any atom is -0.383 e. The summed E-state index contributed by atoms with van der Waals surface area (Å²) in [4.78, 5) is 8.60. The molecule has 0 aromatic carbocycles. The Morgan fingerprint density at radius 2 is 2.07 bits per heavy atom. The highest BCUT2D eigenvalue weighted by atomic mass is 16.5. The van der Waals surface area contributed by atoms with Crippen molar-refractivity contribution in [1.29, 1.82) is 0 Å². The first-order chi connectivity index (χ1) is 6.60. The van der Waals surface area contributed by atoms with Crippen molar-refractivity contribution in [2.75, 3.05) is 12.8 Å². The Hall–Kier alpha value is -1.16. The van der Waals surface area contributed by atoms with Gasteiger partial charge >= 0.3 is 0 Å². The van der Waals surface area contributed by atoms with Gasteiger partial charge in [-0.25, -0.2) is 9.97 Å². The Morgan fingerprint density at radius 3 is 2.57 bits per heavy atom. The summed E-state index contributed by atoms with van der Waals surface area (Å²) in [5, 5.41) is 0. The van der Waals surface area contributed by atoms with Crippen LogP contribution in [0.4, 0.5) is 5.82 Å². The Morgan fingerprint density at radius 1 is 1.43 bits per heavy atom. The molecule has 1 aromatic heterocycles. The molecule has 2 N–H and O–H groups in total. The first-order valence-electron chi connectivity index (χ1n) is 4.75. The van der Waals surface area contributed by atoms with E-state index in [-0.39, 0.29) is 6.10 Å². The second-order valence-electron chi connectivity index (χ2n) is 3.27. The minimum absolute atomic E-state index is 0.108. The Kier molecular flexibility index (Phi) is 3.41. The lowest BCUT2D eigenvalue weighted by Gasteiger charge is -2.12. The molecule has 0 aliphatic carbocycles. The number of hydrogen-bond donors (Lipinski definition) is 1. The number of aromatic nitrogens is 2. The second-order valence-corrected chi connectivity index (χ2v) is 3.27. The molecule has 78 valence electrons. The molecule has 1 unspecified atom stereocenters. The molecule has 0 saturated heterocycles. The van der Waals surface area contributed by atoms with Crippen LogP contribution in [-0.2, 0) is 11.2 Å². The van der Waals surface area contributed by atoms with Crippen molar-refractivity contribution in [3.05, 3.63) is 17.1 Å². The molecule has 0 amide bonds. The van der Waals surface area contributed by atoms with E-state index in [1.54, 1.807) is 7.11 Å². The third kappa shape index (κ3) is 2.01. The maximum absolute atomic E-state index is 5.78. The van der Waals surface area contributed by atoms with Gasteiger partial charge in [-0.15, -0.1) is 0 Å². The fraction of sp³-hybridized carbons (Fsp3) is 0.600. The van der Waals surface area contributed by atoms with Crippen molar-refractivity contribution in [3.8, 4) is 0 Å². The molecule has 1 heterocycles. The smallest absolute Gasteiger partial charge is 0.159 e. The molecule has 0 saturated carbocycles. The molecular formula is C10H17N3O. The van der Waals surface area contributed by atoms with Gasteiger partial charge < -0.3 is 10.5 Å². The van der Waals surface area contributed by atoms with E-state index >= 15 is 0 Å². The highest BCUT2D eigenvalue weighted by Crippen LogP contribution is 2.17. The van der Waals surface area contributed by atoms with Gasteiger partial charge in [0.15, 0.2) is 5.82 Å². The topological polar surface area (TPSA) is 61.0 Å². The Labute approximate surface area is 84.5 Å². The first kappa shape index (κ1) is 10.9. The van der Waals surface area contributed by atoms with Crippen molar-refractivity contribution >= 4 is 5.82 Å². The van der Waals surface area contributed by atoms with E-state index in [0.29, 0.717) is 11.6 Å². The Balaban J connectivity index is 3.16. The normalized spacial score (nSPS) is 12.9. The Bertz CT molecular complexity index is 325. The summed E-state index contributed by atoms with van der Waals surface area (Å²) in [6.45, 7) is 5.90. The van der Waals surface area contributed by atoms with Crippen LogP contribution in [0, 0.1) is 6.92 Å². The van der Waals surface area contributed by atoms with Crippen LogP contribution in [0.2, 0.25) is 0 Å². The van der Waals surface area contributed by atoms with Gasteiger partial charge in [0.05, 0.1) is 0 Å². The van der Waals surface area contributed by atoms with Gasteiger partial charge in [0.1, 0.15) is 11.9 Å². The number of nitrogen functional groups attached to an aromatic ring is 1. The molecule has 0 spiro atoms. The van der Waals surface area contributed by atoms with Gasteiger partial charge in [-0.3, -0.25) is 0 Å². The lowest BCUT2D eigenvalue weighted by Crippen LogP contribution is -2.10. The lowest BCUT2D eigenvalue weighted by molar-refractivity contribution is 0.112. The quantitative estimate of drug-likeness (QED) is 0.796. The van der Waals surface area contributed by atoms with E-state index < -0.39 is 0 Å². The van der Waals surface area contributed by atoms with Crippen LogP contribution in [0.15, 0.2) is 0 Å². The number of hydrogen-bond acceptors (Lipinski definition) is 4. The van der Waals surface area contributed by atoms with Crippen LogP contribution in [0.5, 0.6) is 0 Å². The average molecular weight is 195 g/mol. The number of rotatable bonds is 3. The van der Waals surface area contributed by atoms with E-state index in [9.17, 15) is 0 Å². The summed E-state index contributed by atoms with van der Waals surface area (Å²) in [7, 11) is 1.63. The molecule has 0 aliphatic heterocycles. The molecule has 0 bridgehead atoms. The van der Waals surface area contributed by atoms with Crippen LogP contribution in [0.25, 0.3) is 0 Å². The molecule has 1 rings (SSSR count). The molecule has 14 heavy (non-hydrogen) atoms. The number of ether oxygens (including phenoxy) is 1. The zero-order valence-electron chi connectivity index (χ0n) is 9.16. The van der Waals surface area contributed by atoms with Crippen molar-refractivity contribution < 1.29 is 4.74 Å². The van der Waals surface area contributed by atoms with Gasteiger partial charge in [0.25, 0.3) is 0 Å². The summed E-state index contributed by atoms with van der Waals surface area (Å²) >= 11 is 0. The fourth-order valence-corrected chi connectivity index (χ4v) is 1.23. The van der Waals surface area contributed by atoms with Crippen LogP contribution >= 0.6 is 0 Å². The van der Waals surface area contributed by atoms with E-state index in [2.05, 4.69) is 16.9 Å². The third-order valence-corrected chi connectivity index (χ3v) is 2.35. The molecule has 0 fully saturated rings. The van der Waals surface area contributed by atoms with Crippen molar-refractivity contribution in [3.63, 3.8) is 0 Å². The summed E-state index contributed by atoms with van der Waals surface area (Å²) in [6, 6.07) is 0. The predicted octanol–water partition coefficient (Wildman–Crippen LogP) is 1.64. The number of methoxy groups -OCH3 is 1. The first-order valence-corrected chi connectivity index (χ1v) is 4.75. The van der Waals surface area contributed by atoms with Gasteiger partial charge in [0.2, 0.25) is 0 Å². The summed E-state index contributed by atoms with van der Waals surface area (Å²) < 4.78 is 5.15. The van der Waals surface area contributed by atoms with E-state index in [0.717, 1.165) is 17.7 Å². The van der Waals surface area contributed by atoms with Gasteiger partial charge in [-0.05, 0) is 20.3 Å². The van der Waals surface area contributed by atoms with Crippen LogP contribution < -0.4 is 5.73 Å². The molecule has 4 heteroatoms. The highest BCUT2D eigenvalue weighted by Gasteiger charge is 2.12. The zero-order chi connectivity index (χ0) is 10.7. The molecule has 4 nitrogen and oxygen atoms in total. The predicted molar refractivity (Wildman–Crippen MR) is 56.0 cm³/mol. The van der Waals surface area contributed by atoms with Gasteiger partial charge in [-0.2, -0.15) is 0 Å². The maximum Gasteiger partial charge on any atom is 0.159 e. The summed E-state index contributed by atoms with van der Waals surface area (Å²) in [6.07, 6.45) is 0.755. The van der Waals surface area contributed by atoms with E-state index in [1.165, 1.54) is 0 Å². The van der Waals surface area contributed by atoms with Crippen LogP contribution in [0.3, 0.4) is 0 Å². The number of aryl methyl sites for hydroxylation is 1. The summed E-state index contributed by atoms with van der Waals surface area (Å²) in [5.74, 6) is 1.21. The summed E-state index contributed by atoms with van der Waals surface area (Å²) in [5.41, 5.74) is 7.75. The average Bonchev–Trinajstić information content (AvgIpc) is 2.20. The standard InChI is InChI=1S/C10H17N3O/c1-5-8-6(2)9(11)13-10(12-8)7(3)14-4/h7H,5H2,1-4H3,(H2,11,12,13). The second kappa shape index (κ2) is 4.37. The monoisotopic (exact) mass is 195 g/mol. The molecule has 0 aliphatic rings. The van der Waals surface area contributed by atoms with Crippen LogP contribution in [0.1, 0.15) is 37.0 Å². The number of anilines is 1. The van der Waals surface area contributed by atoms with E-state index in [1.807, 2.05) is 13.8 Å². The molecule has 1 aromatic rings. The van der Waals surface area contributed by atoms with Gasteiger partial charge in [0, 0.05) is 18.4 Å². The third-order valence-electron chi connectivity index (χ3n) is 2.35. The van der Waals surface area contributed by atoms with Crippen molar-refractivity contribution in [2.24, 2.45) is 0 Å². The van der Waals surface area contributed by atoms with Gasteiger partial charge in [-0.1, -0.05) is 6.92 Å². The molecule has 0 radical (unpaired) electrons. The largest absolute Gasteiger partial charge is 0.383 e. The SMILES string of the molecule is CCc1nc(C(C)OC)nc(N)c1C. The van der Waals surface area contributed by atoms with Crippen LogP contribution in [-0.4, -0.2) is 17.1 Å².